The zero-order valence-corrected chi connectivity index (χ0v) is 8.44. The quantitative estimate of drug-likeness (QED) is 0.602. The fourth-order valence-electron chi connectivity index (χ4n) is 0. The molecule has 6 heavy (non-hydrogen) atoms. The monoisotopic (exact) mass is 300 g/mol. The van der Waals surface area contributed by atoms with Gasteiger partial charge in [-0.2, -0.15) is 0 Å². The summed E-state index contributed by atoms with van der Waals surface area (Å²) in [5.74, 6) is 0. The molecule has 0 aliphatic rings. The molecular weight excluding hydrogens is 299 g/mol. The van der Waals surface area contributed by atoms with E-state index in [2.05, 4.69) is 47.8 Å². The molecule has 0 rings (SSSR count). The molecule has 0 heterocycles. The molecule has 0 aromatic carbocycles. The molecule has 0 N–H and O–H groups in total. The van der Waals surface area contributed by atoms with Crippen LogP contribution in [0.15, 0.2) is 0 Å². The Hall–Kier alpha value is 1.73. The van der Waals surface area contributed by atoms with Crippen LogP contribution in [0, 0.1) is 0 Å². The van der Waals surface area contributed by atoms with Gasteiger partial charge in [-0.25, -0.2) is 0 Å². The van der Waals surface area contributed by atoms with E-state index < -0.39 is 0 Å². The second-order valence-corrected chi connectivity index (χ2v) is 4.30. The number of hydrogen-bond acceptors (Lipinski definition) is 0. The summed E-state index contributed by atoms with van der Waals surface area (Å²) in [7, 11) is 0. The van der Waals surface area contributed by atoms with E-state index in [1.54, 1.807) is 0 Å². The molecule has 40 valence electrons. The van der Waals surface area contributed by atoms with E-state index in [1.165, 1.54) is 0 Å². The van der Waals surface area contributed by atoms with Gasteiger partial charge in [0.2, 0.25) is 0 Å². The lowest BCUT2D eigenvalue weighted by molar-refractivity contribution is 2.32. The fraction of sp³-hybridized carbons (Fsp3) is 1.00. The molecule has 0 aromatic rings. The number of halogens is 4. The average molecular weight is 303 g/mol. The summed E-state index contributed by atoms with van der Waals surface area (Å²) < 4.78 is 0.875. The van der Waals surface area contributed by atoms with E-state index in [4.69, 9.17) is 11.6 Å². The van der Waals surface area contributed by atoms with Crippen molar-refractivity contribution < 1.29 is 0 Å². The van der Waals surface area contributed by atoms with Crippen molar-refractivity contribution in [3.05, 3.63) is 0 Å². The third-order valence-corrected chi connectivity index (χ3v) is 0. The third kappa shape index (κ3) is 42.8. The highest BCUT2D eigenvalue weighted by molar-refractivity contribution is 9.24. The highest BCUT2D eigenvalue weighted by Gasteiger charge is 1.41. The Kier molecular flexibility index (Phi) is 28.2. The van der Waals surface area contributed by atoms with Crippen molar-refractivity contribution in [2.45, 2.75) is 0 Å². The van der Waals surface area contributed by atoms with Crippen LogP contribution in [-0.4, -0.2) is 9.03 Å². The zero-order chi connectivity index (χ0) is 5.41. The van der Waals surface area contributed by atoms with Gasteiger partial charge in [0.25, 0.3) is 0 Å². The second-order valence-electron chi connectivity index (χ2n) is 0.202. The molecule has 0 radical (unpaired) electrons. The minimum absolute atomic E-state index is 0.535. The maximum absolute atomic E-state index is 4.92. The van der Waals surface area contributed by atoms with Gasteiger partial charge in [0.05, 0.1) is 9.03 Å². The van der Waals surface area contributed by atoms with Gasteiger partial charge in [-0.05, 0) is 0 Å². The van der Waals surface area contributed by atoms with E-state index in [0.29, 0.717) is 4.79 Å². The highest BCUT2D eigenvalue weighted by Crippen LogP contribution is 1.83. The standard InChI is InChI=1S/CH2Br2.CH2BrCl/c2*2-1-3/h2*1H2. The van der Waals surface area contributed by atoms with Crippen molar-refractivity contribution in [1.82, 2.24) is 0 Å². The van der Waals surface area contributed by atoms with E-state index in [1.807, 2.05) is 0 Å². The summed E-state index contributed by atoms with van der Waals surface area (Å²) in [6, 6.07) is 0. The van der Waals surface area contributed by atoms with Gasteiger partial charge >= 0.3 is 0 Å². The lowest BCUT2D eigenvalue weighted by Gasteiger charge is -1.43. The first kappa shape index (κ1) is 10.7. The summed E-state index contributed by atoms with van der Waals surface area (Å²) in [5, 5.41) is 0. The molecule has 0 nitrogen and oxygen atoms in total. The van der Waals surface area contributed by atoms with E-state index in [9.17, 15) is 0 Å². The maximum Gasteiger partial charge on any atom is 0.0778 e. The summed E-state index contributed by atoms with van der Waals surface area (Å²) in [5.41, 5.74) is 0. The first-order valence-corrected chi connectivity index (χ1v) is 4.97. The van der Waals surface area contributed by atoms with Gasteiger partial charge in [0.1, 0.15) is 0 Å². The first-order chi connectivity index (χ1) is 2.83. The van der Waals surface area contributed by atoms with Crippen molar-refractivity contribution in [3.63, 3.8) is 0 Å². The summed E-state index contributed by atoms with van der Waals surface area (Å²) in [6.07, 6.45) is 0. The molecule has 0 saturated heterocycles. The SMILES string of the molecule is BrCBr.ClCBr. The molecular formula is C2H4Br3Cl. The molecule has 0 atom stereocenters. The minimum Gasteiger partial charge on any atom is -0.114 e. The van der Waals surface area contributed by atoms with Crippen molar-refractivity contribution in [3.8, 4) is 0 Å². The van der Waals surface area contributed by atoms with Crippen LogP contribution in [0.3, 0.4) is 0 Å². The van der Waals surface area contributed by atoms with Crippen molar-refractivity contribution in [2.24, 2.45) is 0 Å². The van der Waals surface area contributed by atoms with Crippen molar-refractivity contribution in [2.75, 3.05) is 9.03 Å². The van der Waals surface area contributed by atoms with Gasteiger partial charge in [0.15, 0.2) is 0 Å². The Balaban J connectivity index is 0. The molecule has 0 aliphatic carbocycles. The predicted octanol–water partition coefficient (Wildman–Crippen LogP) is 3.31. The smallest absolute Gasteiger partial charge is 0.0778 e. The Labute approximate surface area is 68.0 Å². The van der Waals surface area contributed by atoms with Gasteiger partial charge in [-0.3, -0.25) is 0 Å². The topological polar surface area (TPSA) is 0 Å². The molecule has 0 amide bonds. The van der Waals surface area contributed by atoms with E-state index in [0.717, 1.165) is 4.24 Å². The van der Waals surface area contributed by atoms with Crippen LogP contribution in [0.1, 0.15) is 0 Å². The van der Waals surface area contributed by atoms with Crippen LogP contribution in [0.4, 0.5) is 0 Å². The summed E-state index contributed by atoms with van der Waals surface area (Å²) in [6.45, 7) is 0. The van der Waals surface area contributed by atoms with Crippen LogP contribution in [0.2, 0.25) is 0 Å². The van der Waals surface area contributed by atoms with Crippen molar-refractivity contribution >= 4 is 59.4 Å². The largest absolute Gasteiger partial charge is 0.114 e. The van der Waals surface area contributed by atoms with Gasteiger partial charge in [-0.15, -0.1) is 11.6 Å². The highest BCUT2D eigenvalue weighted by atomic mass is 79.9. The average Bonchev–Trinajstić information content (AvgIpc) is 1.39. The molecule has 0 fully saturated rings. The Morgan fingerprint density at radius 2 is 1.17 bits per heavy atom. The molecule has 0 bridgehead atoms. The molecule has 0 spiro atoms. The minimum atomic E-state index is 0.535. The van der Waals surface area contributed by atoms with Crippen LogP contribution in [0.25, 0.3) is 0 Å². The van der Waals surface area contributed by atoms with Crippen LogP contribution >= 0.6 is 59.4 Å². The van der Waals surface area contributed by atoms with Crippen LogP contribution < -0.4 is 0 Å². The lowest BCUT2D eigenvalue weighted by Crippen LogP contribution is -1.21. The summed E-state index contributed by atoms with van der Waals surface area (Å²) >= 11 is 14.0. The molecule has 0 saturated carbocycles. The van der Waals surface area contributed by atoms with Crippen LogP contribution in [0.5, 0.6) is 0 Å². The van der Waals surface area contributed by atoms with E-state index >= 15 is 0 Å². The van der Waals surface area contributed by atoms with Gasteiger partial charge in [-0.1, -0.05) is 47.8 Å². The van der Waals surface area contributed by atoms with E-state index in [-0.39, 0.29) is 0 Å². The fourth-order valence-corrected chi connectivity index (χ4v) is 0. The number of alkyl halides is 4. The molecule has 0 unspecified atom stereocenters. The first-order valence-electron chi connectivity index (χ1n) is 1.07. The molecule has 0 aliphatic heterocycles. The maximum atomic E-state index is 4.92. The van der Waals surface area contributed by atoms with Crippen LogP contribution in [-0.2, 0) is 0 Å². The third-order valence-electron chi connectivity index (χ3n) is 0. The second kappa shape index (κ2) is 15.9. The summed E-state index contributed by atoms with van der Waals surface area (Å²) in [4.78, 5) is 0.535. The Morgan fingerprint density at radius 1 is 1.17 bits per heavy atom. The Bertz CT molecular complexity index is 10.8. The predicted molar refractivity (Wildman–Crippen MR) is 42.4 cm³/mol. The van der Waals surface area contributed by atoms with Gasteiger partial charge in [0, 0.05) is 0 Å². The number of hydrogen-bond donors (Lipinski definition) is 0. The normalized spacial score (nSPS) is 6.00. The Morgan fingerprint density at radius 3 is 1.17 bits per heavy atom. The van der Waals surface area contributed by atoms with Gasteiger partial charge < -0.3 is 0 Å². The number of rotatable bonds is 0. The lowest BCUT2D eigenvalue weighted by atomic mass is 12.0. The van der Waals surface area contributed by atoms with Crippen molar-refractivity contribution in [1.29, 1.82) is 0 Å². The zero-order valence-electron chi connectivity index (χ0n) is 2.93. The molecule has 4 heteroatoms. The molecule has 0 aromatic heterocycles.